The van der Waals surface area contributed by atoms with Crippen molar-refractivity contribution in [2.75, 3.05) is 0 Å². The summed E-state index contributed by atoms with van der Waals surface area (Å²) < 4.78 is 0. The predicted molar refractivity (Wildman–Crippen MR) is 90.7 cm³/mol. The van der Waals surface area contributed by atoms with E-state index in [4.69, 9.17) is 0 Å². The highest BCUT2D eigenvalue weighted by molar-refractivity contribution is 5.94. The summed E-state index contributed by atoms with van der Waals surface area (Å²) in [6.45, 7) is 2.09. The van der Waals surface area contributed by atoms with Crippen LogP contribution in [0.4, 0.5) is 5.69 Å². The Bertz CT molecular complexity index is 881. The van der Waals surface area contributed by atoms with Crippen LogP contribution in [-0.4, -0.2) is 4.92 Å². The summed E-state index contributed by atoms with van der Waals surface area (Å²) in [5, 5.41) is 13.2. The molecule has 0 spiro atoms. The lowest BCUT2D eigenvalue weighted by Crippen LogP contribution is -1.87. The first-order valence-electron chi connectivity index (χ1n) is 7.06. The van der Waals surface area contributed by atoms with E-state index >= 15 is 0 Å². The Balaban J connectivity index is 2.01. The number of nitro groups is 1. The van der Waals surface area contributed by atoms with Crippen LogP contribution in [0.25, 0.3) is 22.9 Å². The van der Waals surface area contributed by atoms with E-state index in [0.717, 1.165) is 11.1 Å². The van der Waals surface area contributed by atoms with Crippen molar-refractivity contribution in [2.45, 2.75) is 6.92 Å². The molecule has 0 aliphatic rings. The van der Waals surface area contributed by atoms with Gasteiger partial charge in [0.15, 0.2) is 0 Å². The molecule has 0 amide bonds. The maximum Gasteiger partial charge on any atom is 0.270 e. The molecule has 0 N–H and O–H groups in total. The number of nitrogens with zero attached hydrogens (tertiary/aromatic N) is 1. The Morgan fingerprint density at radius 2 is 1.68 bits per heavy atom. The third-order valence-corrected chi connectivity index (χ3v) is 3.71. The number of non-ortho nitro benzene ring substituents is 1. The van der Waals surface area contributed by atoms with Crippen molar-refractivity contribution in [3.05, 3.63) is 87.5 Å². The molecular formula is C19H15NO2. The van der Waals surface area contributed by atoms with Gasteiger partial charge in [-0.2, -0.15) is 0 Å². The van der Waals surface area contributed by atoms with Crippen molar-refractivity contribution in [1.29, 1.82) is 0 Å². The van der Waals surface area contributed by atoms with Gasteiger partial charge in [-0.05, 0) is 34.4 Å². The van der Waals surface area contributed by atoms with Gasteiger partial charge in [-0.3, -0.25) is 10.1 Å². The molecule has 0 saturated carbocycles. The molecule has 3 heteroatoms. The highest BCUT2D eigenvalue weighted by atomic mass is 16.6. The number of hydrogen-bond acceptors (Lipinski definition) is 2. The molecule has 3 nitrogen and oxygen atoms in total. The third kappa shape index (κ3) is 2.74. The lowest BCUT2D eigenvalue weighted by atomic mass is 9.99. The SMILES string of the molecule is Cc1ccc(/C=C\c2cccc([N+](=O)[O-])c2)c2ccccc12. The molecule has 0 atom stereocenters. The largest absolute Gasteiger partial charge is 0.270 e. The maximum absolute atomic E-state index is 10.8. The fourth-order valence-electron chi connectivity index (χ4n) is 2.55. The number of fused-ring (bicyclic) bond motifs is 1. The standard InChI is InChI=1S/C19H15NO2/c1-14-9-11-16(19-8-3-2-7-18(14)19)12-10-15-5-4-6-17(13-15)20(21)22/h2-13H,1H3/b12-10-. The molecule has 0 aromatic heterocycles. The lowest BCUT2D eigenvalue weighted by molar-refractivity contribution is -0.384. The minimum Gasteiger partial charge on any atom is -0.258 e. The Hall–Kier alpha value is -2.94. The van der Waals surface area contributed by atoms with E-state index in [0.29, 0.717) is 0 Å². The molecule has 0 aliphatic carbocycles. The average Bonchev–Trinajstić information content (AvgIpc) is 2.55. The summed E-state index contributed by atoms with van der Waals surface area (Å²) in [5.74, 6) is 0. The summed E-state index contributed by atoms with van der Waals surface area (Å²) in [5.41, 5.74) is 3.27. The normalized spacial score (nSPS) is 11.1. The van der Waals surface area contributed by atoms with Crippen molar-refractivity contribution in [3.8, 4) is 0 Å². The molecule has 3 aromatic rings. The Kier molecular flexibility index (Phi) is 3.71. The highest BCUT2D eigenvalue weighted by Crippen LogP contribution is 2.24. The fourth-order valence-corrected chi connectivity index (χ4v) is 2.55. The van der Waals surface area contributed by atoms with Crippen molar-refractivity contribution in [1.82, 2.24) is 0 Å². The maximum atomic E-state index is 10.8. The number of aryl methyl sites for hydroxylation is 1. The van der Waals surface area contributed by atoms with E-state index < -0.39 is 0 Å². The molecule has 0 unspecified atom stereocenters. The van der Waals surface area contributed by atoms with Crippen molar-refractivity contribution >= 4 is 28.6 Å². The van der Waals surface area contributed by atoms with E-state index in [1.54, 1.807) is 12.1 Å². The first-order valence-corrected chi connectivity index (χ1v) is 7.06. The van der Waals surface area contributed by atoms with Crippen molar-refractivity contribution in [3.63, 3.8) is 0 Å². The van der Waals surface area contributed by atoms with Crippen LogP contribution in [0.2, 0.25) is 0 Å². The molecule has 3 aromatic carbocycles. The van der Waals surface area contributed by atoms with Gasteiger partial charge in [0.05, 0.1) is 4.92 Å². The van der Waals surface area contributed by atoms with E-state index in [-0.39, 0.29) is 10.6 Å². The molecule has 0 radical (unpaired) electrons. The summed E-state index contributed by atoms with van der Waals surface area (Å²) in [6.07, 6.45) is 3.91. The number of rotatable bonds is 3. The monoisotopic (exact) mass is 289 g/mol. The zero-order valence-electron chi connectivity index (χ0n) is 12.2. The van der Waals surface area contributed by atoms with Crippen LogP contribution in [0, 0.1) is 17.0 Å². The smallest absolute Gasteiger partial charge is 0.258 e. The average molecular weight is 289 g/mol. The van der Waals surface area contributed by atoms with E-state index in [9.17, 15) is 10.1 Å². The van der Waals surface area contributed by atoms with Gasteiger partial charge in [-0.15, -0.1) is 0 Å². The van der Waals surface area contributed by atoms with Crippen LogP contribution in [-0.2, 0) is 0 Å². The molecule has 3 rings (SSSR count). The quantitative estimate of drug-likeness (QED) is 0.376. The molecule has 0 bridgehead atoms. The molecule has 0 heterocycles. The van der Waals surface area contributed by atoms with Gasteiger partial charge >= 0.3 is 0 Å². The van der Waals surface area contributed by atoms with Crippen molar-refractivity contribution in [2.24, 2.45) is 0 Å². The second kappa shape index (κ2) is 5.82. The lowest BCUT2D eigenvalue weighted by Gasteiger charge is -2.05. The fraction of sp³-hybridized carbons (Fsp3) is 0.0526. The molecule has 0 aliphatic heterocycles. The molecular weight excluding hydrogens is 274 g/mol. The second-order valence-corrected chi connectivity index (χ2v) is 5.20. The van der Waals surface area contributed by atoms with Crippen LogP contribution >= 0.6 is 0 Å². The summed E-state index contributed by atoms with van der Waals surface area (Å²) in [7, 11) is 0. The van der Waals surface area contributed by atoms with Crippen LogP contribution < -0.4 is 0 Å². The first-order chi connectivity index (χ1) is 10.6. The minimum atomic E-state index is -0.376. The summed E-state index contributed by atoms with van der Waals surface area (Å²) in [6, 6.07) is 19.1. The van der Waals surface area contributed by atoms with E-state index in [1.165, 1.54) is 22.4 Å². The Labute approximate surface area is 128 Å². The summed E-state index contributed by atoms with van der Waals surface area (Å²) in [4.78, 5) is 10.4. The van der Waals surface area contributed by atoms with Gasteiger partial charge < -0.3 is 0 Å². The van der Waals surface area contributed by atoms with Crippen LogP contribution in [0.1, 0.15) is 16.7 Å². The van der Waals surface area contributed by atoms with Gasteiger partial charge in [0.25, 0.3) is 5.69 Å². The van der Waals surface area contributed by atoms with Crippen molar-refractivity contribution < 1.29 is 4.92 Å². The first kappa shape index (κ1) is 14.0. The number of nitro benzene ring substituents is 1. The minimum absolute atomic E-state index is 0.107. The van der Waals surface area contributed by atoms with E-state index in [1.807, 2.05) is 30.4 Å². The molecule has 0 saturated heterocycles. The number of hydrogen-bond donors (Lipinski definition) is 0. The van der Waals surface area contributed by atoms with Crippen LogP contribution in [0.15, 0.2) is 60.7 Å². The van der Waals surface area contributed by atoms with Gasteiger partial charge in [0.1, 0.15) is 0 Å². The number of benzene rings is 3. The van der Waals surface area contributed by atoms with E-state index in [2.05, 4.69) is 31.2 Å². The van der Waals surface area contributed by atoms with Gasteiger partial charge in [-0.25, -0.2) is 0 Å². The topological polar surface area (TPSA) is 43.1 Å². The Morgan fingerprint density at radius 3 is 2.45 bits per heavy atom. The molecule has 0 fully saturated rings. The molecule has 22 heavy (non-hydrogen) atoms. The van der Waals surface area contributed by atoms with Gasteiger partial charge in [0.2, 0.25) is 0 Å². The molecule has 108 valence electrons. The zero-order chi connectivity index (χ0) is 15.5. The Morgan fingerprint density at radius 1 is 0.909 bits per heavy atom. The predicted octanol–water partition coefficient (Wildman–Crippen LogP) is 5.23. The third-order valence-electron chi connectivity index (χ3n) is 3.71. The van der Waals surface area contributed by atoms with Crippen LogP contribution in [0.5, 0.6) is 0 Å². The zero-order valence-corrected chi connectivity index (χ0v) is 12.2. The van der Waals surface area contributed by atoms with Gasteiger partial charge in [0, 0.05) is 12.1 Å². The van der Waals surface area contributed by atoms with Gasteiger partial charge in [-0.1, -0.05) is 60.7 Å². The summed E-state index contributed by atoms with van der Waals surface area (Å²) >= 11 is 0. The second-order valence-electron chi connectivity index (χ2n) is 5.20. The highest BCUT2D eigenvalue weighted by Gasteiger charge is 2.04. The van der Waals surface area contributed by atoms with Crippen LogP contribution in [0.3, 0.4) is 0 Å².